The molecule has 0 amide bonds. The van der Waals surface area contributed by atoms with Gasteiger partial charge in [-0.25, -0.2) is 0 Å². The van der Waals surface area contributed by atoms with Gasteiger partial charge in [-0.3, -0.25) is 4.55 Å². The Labute approximate surface area is 105 Å². The van der Waals surface area contributed by atoms with Crippen molar-refractivity contribution < 1.29 is 18.1 Å². The predicted octanol–water partition coefficient (Wildman–Crippen LogP) is 2.76. The van der Waals surface area contributed by atoms with Crippen LogP contribution in [-0.2, 0) is 10.1 Å². The summed E-state index contributed by atoms with van der Waals surface area (Å²) in [7, 11) is -3.97. The number of unbranched alkanes of at least 4 members (excludes halogenated alkanes) is 2. The summed E-state index contributed by atoms with van der Waals surface area (Å²) in [5, 5.41) is 8.85. The zero-order chi connectivity index (χ0) is 13.3. The third kappa shape index (κ3) is 8.57. The molecule has 0 aromatic rings. The number of aliphatic hydroxyl groups excluding tert-OH is 1. The molecule has 0 spiro atoms. The van der Waals surface area contributed by atoms with Gasteiger partial charge in [-0.05, 0) is 25.7 Å². The quantitative estimate of drug-likeness (QED) is 0.471. The molecule has 0 bridgehead atoms. The van der Waals surface area contributed by atoms with Crippen LogP contribution in [0.25, 0.3) is 0 Å². The van der Waals surface area contributed by atoms with Crippen LogP contribution < -0.4 is 0 Å². The Bertz CT molecular complexity index is 274. The standard InChI is InChI=1S/C12H26O4S/c1-3-5-6-8-12(17(14,15)16)10-9-11(13)7-4-2/h11-13H,3-10H2,1-2H3,(H,14,15,16). The molecule has 0 fully saturated rings. The summed E-state index contributed by atoms with van der Waals surface area (Å²) in [4.78, 5) is 0. The van der Waals surface area contributed by atoms with Crippen molar-refractivity contribution in [1.82, 2.24) is 0 Å². The van der Waals surface area contributed by atoms with Gasteiger partial charge in [-0.2, -0.15) is 8.42 Å². The molecule has 0 aromatic heterocycles. The van der Waals surface area contributed by atoms with Crippen molar-refractivity contribution in [3.8, 4) is 0 Å². The van der Waals surface area contributed by atoms with Gasteiger partial charge in [0.25, 0.3) is 10.1 Å². The van der Waals surface area contributed by atoms with Crippen molar-refractivity contribution in [2.45, 2.75) is 76.6 Å². The van der Waals surface area contributed by atoms with Crippen molar-refractivity contribution in [1.29, 1.82) is 0 Å². The predicted molar refractivity (Wildman–Crippen MR) is 69.6 cm³/mol. The van der Waals surface area contributed by atoms with Gasteiger partial charge in [-0.1, -0.05) is 39.5 Å². The van der Waals surface area contributed by atoms with E-state index in [1.54, 1.807) is 0 Å². The fourth-order valence-corrected chi connectivity index (χ4v) is 2.82. The number of hydrogen-bond acceptors (Lipinski definition) is 3. The molecule has 0 radical (unpaired) electrons. The first-order valence-electron chi connectivity index (χ1n) is 6.56. The number of rotatable bonds is 10. The van der Waals surface area contributed by atoms with Crippen molar-refractivity contribution in [2.24, 2.45) is 0 Å². The highest BCUT2D eigenvalue weighted by atomic mass is 32.2. The first-order chi connectivity index (χ1) is 7.91. The summed E-state index contributed by atoms with van der Waals surface area (Å²) >= 11 is 0. The van der Waals surface area contributed by atoms with E-state index in [1.807, 2.05) is 13.8 Å². The lowest BCUT2D eigenvalue weighted by atomic mass is 10.0. The van der Waals surface area contributed by atoms with Crippen LogP contribution in [0.3, 0.4) is 0 Å². The average molecular weight is 266 g/mol. The smallest absolute Gasteiger partial charge is 0.267 e. The monoisotopic (exact) mass is 266 g/mol. The minimum Gasteiger partial charge on any atom is -0.393 e. The van der Waals surface area contributed by atoms with Crippen molar-refractivity contribution in [2.75, 3.05) is 0 Å². The Morgan fingerprint density at radius 1 is 0.941 bits per heavy atom. The lowest BCUT2D eigenvalue weighted by Gasteiger charge is -2.16. The fourth-order valence-electron chi connectivity index (χ4n) is 1.92. The van der Waals surface area contributed by atoms with Crippen LogP contribution in [-0.4, -0.2) is 29.4 Å². The summed E-state index contributed by atoms with van der Waals surface area (Å²) in [5.74, 6) is 0. The van der Waals surface area contributed by atoms with Crippen LogP contribution in [0.1, 0.15) is 65.2 Å². The molecule has 17 heavy (non-hydrogen) atoms. The second kappa shape index (κ2) is 8.89. The van der Waals surface area contributed by atoms with Crippen molar-refractivity contribution in [3.05, 3.63) is 0 Å². The van der Waals surface area contributed by atoms with Gasteiger partial charge in [0, 0.05) is 0 Å². The maximum atomic E-state index is 11.2. The van der Waals surface area contributed by atoms with Gasteiger partial charge >= 0.3 is 0 Å². The first-order valence-corrected chi connectivity index (χ1v) is 8.06. The van der Waals surface area contributed by atoms with E-state index in [4.69, 9.17) is 4.55 Å². The molecule has 0 aliphatic carbocycles. The highest BCUT2D eigenvalue weighted by molar-refractivity contribution is 7.86. The molecule has 5 heteroatoms. The normalized spacial score (nSPS) is 15.8. The van der Waals surface area contributed by atoms with E-state index in [0.29, 0.717) is 25.7 Å². The zero-order valence-electron chi connectivity index (χ0n) is 10.9. The molecule has 0 saturated heterocycles. The Balaban J connectivity index is 4.12. The lowest BCUT2D eigenvalue weighted by molar-refractivity contribution is 0.150. The highest BCUT2D eigenvalue weighted by Gasteiger charge is 2.23. The number of aliphatic hydroxyl groups is 1. The largest absolute Gasteiger partial charge is 0.393 e. The molecule has 0 saturated carbocycles. The minimum absolute atomic E-state index is 0.351. The Morgan fingerprint density at radius 2 is 1.59 bits per heavy atom. The highest BCUT2D eigenvalue weighted by Crippen LogP contribution is 2.18. The van der Waals surface area contributed by atoms with E-state index in [2.05, 4.69) is 0 Å². The van der Waals surface area contributed by atoms with Gasteiger partial charge < -0.3 is 5.11 Å². The lowest BCUT2D eigenvalue weighted by Crippen LogP contribution is -2.22. The SMILES string of the molecule is CCCCCC(CCC(O)CCC)S(=O)(=O)O. The Hall–Kier alpha value is -0.130. The summed E-state index contributed by atoms with van der Waals surface area (Å²) in [6, 6.07) is 0. The van der Waals surface area contributed by atoms with E-state index in [0.717, 1.165) is 25.7 Å². The average Bonchev–Trinajstić information content (AvgIpc) is 2.21. The van der Waals surface area contributed by atoms with Gasteiger partial charge in [0.2, 0.25) is 0 Å². The molecule has 104 valence electrons. The maximum absolute atomic E-state index is 11.2. The second-order valence-corrected chi connectivity index (χ2v) is 6.35. The van der Waals surface area contributed by atoms with Crippen LogP contribution in [0, 0.1) is 0 Å². The van der Waals surface area contributed by atoms with Gasteiger partial charge in [0.1, 0.15) is 0 Å². The van der Waals surface area contributed by atoms with Crippen LogP contribution in [0.15, 0.2) is 0 Å². The molecule has 0 aliphatic heterocycles. The minimum atomic E-state index is -3.97. The molecule has 2 unspecified atom stereocenters. The maximum Gasteiger partial charge on any atom is 0.267 e. The molecular weight excluding hydrogens is 240 g/mol. The van der Waals surface area contributed by atoms with Gasteiger partial charge in [0.05, 0.1) is 11.4 Å². The van der Waals surface area contributed by atoms with Crippen molar-refractivity contribution in [3.63, 3.8) is 0 Å². The van der Waals surface area contributed by atoms with Gasteiger partial charge in [0.15, 0.2) is 0 Å². The summed E-state index contributed by atoms with van der Waals surface area (Å²) in [5.41, 5.74) is 0. The van der Waals surface area contributed by atoms with Crippen LogP contribution in [0.2, 0.25) is 0 Å². The molecule has 4 nitrogen and oxygen atoms in total. The van der Waals surface area contributed by atoms with Crippen molar-refractivity contribution >= 4 is 10.1 Å². The number of hydrogen-bond donors (Lipinski definition) is 2. The van der Waals surface area contributed by atoms with Gasteiger partial charge in [-0.15, -0.1) is 0 Å². The third-order valence-electron chi connectivity index (χ3n) is 2.99. The second-order valence-electron chi connectivity index (χ2n) is 4.65. The molecule has 0 heterocycles. The van der Waals surface area contributed by atoms with E-state index in [-0.39, 0.29) is 0 Å². The van der Waals surface area contributed by atoms with E-state index >= 15 is 0 Å². The van der Waals surface area contributed by atoms with Crippen LogP contribution >= 0.6 is 0 Å². The topological polar surface area (TPSA) is 74.6 Å². The first kappa shape index (κ1) is 16.9. The van der Waals surface area contributed by atoms with E-state index in [1.165, 1.54) is 0 Å². The molecule has 2 atom stereocenters. The molecule has 0 rings (SSSR count). The van der Waals surface area contributed by atoms with E-state index in [9.17, 15) is 13.5 Å². The Morgan fingerprint density at radius 3 is 2.06 bits per heavy atom. The fraction of sp³-hybridized carbons (Fsp3) is 1.00. The van der Waals surface area contributed by atoms with E-state index < -0.39 is 21.5 Å². The molecule has 2 N–H and O–H groups in total. The third-order valence-corrected chi connectivity index (χ3v) is 4.31. The Kier molecular flexibility index (Phi) is 8.82. The molecule has 0 aliphatic rings. The summed E-state index contributed by atoms with van der Waals surface area (Å²) in [6.45, 7) is 4.03. The molecular formula is C12H26O4S. The molecule has 0 aromatic carbocycles. The van der Waals surface area contributed by atoms with Crippen LogP contribution in [0.4, 0.5) is 0 Å². The summed E-state index contributed by atoms with van der Waals surface area (Å²) < 4.78 is 31.5. The summed E-state index contributed by atoms with van der Waals surface area (Å²) in [6.07, 6.45) is 5.22. The zero-order valence-corrected chi connectivity index (χ0v) is 11.7. The van der Waals surface area contributed by atoms with Crippen LogP contribution in [0.5, 0.6) is 0 Å².